The maximum atomic E-state index is 2.79. The lowest BCUT2D eigenvalue weighted by molar-refractivity contribution is -0.207. The van der Waals surface area contributed by atoms with Gasteiger partial charge >= 0.3 is 0 Å². The Morgan fingerprint density at radius 1 is 0.828 bits per heavy atom. The molecule has 0 nitrogen and oxygen atoms in total. The zero-order valence-electron chi connectivity index (χ0n) is 21.0. The van der Waals surface area contributed by atoms with Crippen LogP contribution in [0.15, 0.2) is 11.6 Å². The van der Waals surface area contributed by atoms with Gasteiger partial charge in [0.1, 0.15) is 5.41 Å². The third-order valence-corrected chi connectivity index (χ3v) is 11.6. The van der Waals surface area contributed by atoms with Crippen molar-refractivity contribution in [1.82, 2.24) is 0 Å². The van der Waals surface area contributed by atoms with Crippen LogP contribution in [-0.2, 0) is 0 Å². The van der Waals surface area contributed by atoms with Gasteiger partial charge in [0.2, 0.25) is 0 Å². The Hall–Kier alpha value is -0.390. The Kier molecular flexibility index (Phi) is 5.12. The van der Waals surface area contributed by atoms with Crippen LogP contribution in [0.25, 0.3) is 0 Å². The molecule has 0 spiro atoms. The molecule has 0 heteroatoms. The van der Waals surface area contributed by atoms with Gasteiger partial charge in [0.25, 0.3) is 0 Å². The fraction of sp³-hybridized carbons (Fsp3) is 0.897. The number of hydrogen-bond donors (Lipinski definition) is 0. The monoisotopic (exact) mass is 397 g/mol. The Labute approximate surface area is 182 Å². The summed E-state index contributed by atoms with van der Waals surface area (Å²) in [6.07, 6.45) is 19.6. The summed E-state index contributed by atoms with van der Waals surface area (Å²) in [5.41, 5.74) is 4.08. The summed E-state index contributed by atoms with van der Waals surface area (Å²) in [6.45, 7) is 20.5. The smallest absolute Gasteiger partial charge is 0.0857 e. The lowest BCUT2D eigenvalue weighted by Gasteiger charge is -2.68. The maximum absolute atomic E-state index is 2.79. The van der Waals surface area contributed by atoms with Gasteiger partial charge in [0, 0.05) is 11.3 Å². The van der Waals surface area contributed by atoms with Crippen LogP contribution in [0.5, 0.6) is 0 Å². The van der Waals surface area contributed by atoms with Gasteiger partial charge in [-0.3, -0.25) is 0 Å². The summed E-state index contributed by atoms with van der Waals surface area (Å²) in [5, 5.41) is 0. The van der Waals surface area contributed by atoms with Gasteiger partial charge in [0.05, 0.1) is 12.8 Å². The van der Waals surface area contributed by atoms with E-state index in [0.29, 0.717) is 27.1 Å². The summed E-state index contributed by atoms with van der Waals surface area (Å²) in [5.74, 6) is 2.76. The van der Waals surface area contributed by atoms with Gasteiger partial charge in [-0.1, -0.05) is 52.7 Å². The third kappa shape index (κ3) is 3.01. The molecule has 0 heterocycles. The van der Waals surface area contributed by atoms with Crippen LogP contribution in [0.1, 0.15) is 120 Å². The zero-order valence-corrected chi connectivity index (χ0v) is 21.0. The van der Waals surface area contributed by atoms with Crippen LogP contribution in [0.4, 0.5) is 0 Å². The molecular formula is C29H49+. The largest absolute Gasteiger partial charge is 0.109 e. The maximum Gasteiger partial charge on any atom is 0.109 e. The molecule has 29 heavy (non-hydrogen) atoms. The average Bonchev–Trinajstić information content (AvgIpc) is 2.87. The lowest BCUT2D eigenvalue weighted by atomic mass is 9.35. The molecule has 0 unspecified atom stereocenters. The van der Waals surface area contributed by atoms with Crippen molar-refractivity contribution >= 4 is 0 Å². The molecule has 0 N–H and O–H groups in total. The van der Waals surface area contributed by atoms with Crippen molar-refractivity contribution < 1.29 is 0 Å². The Morgan fingerprint density at radius 3 is 2.21 bits per heavy atom. The van der Waals surface area contributed by atoms with Gasteiger partial charge in [-0.2, -0.15) is 0 Å². The van der Waals surface area contributed by atoms with Crippen LogP contribution in [0, 0.1) is 51.2 Å². The van der Waals surface area contributed by atoms with Crippen molar-refractivity contribution in [2.24, 2.45) is 44.8 Å². The van der Waals surface area contributed by atoms with Crippen molar-refractivity contribution in [3.05, 3.63) is 18.1 Å². The Morgan fingerprint density at radius 2 is 1.52 bits per heavy atom. The number of hydrogen-bond acceptors (Lipinski definition) is 0. The second-order valence-corrected chi connectivity index (χ2v) is 13.7. The topological polar surface area (TPSA) is 0 Å². The third-order valence-electron chi connectivity index (χ3n) is 11.6. The van der Waals surface area contributed by atoms with E-state index in [1.807, 2.05) is 0 Å². The second kappa shape index (κ2) is 6.80. The summed E-state index contributed by atoms with van der Waals surface area (Å²) in [6, 6.07) is 0. The van der Waals surface area contributed by atoms with Crippen LogP contribution in [-0.4, -0.2) is 0 Å². The van der Waals surface area contributed by atoms with E-state index in [4.69, 9.17) is 0 Å². The van der Waals surface area contributed by atoms with E-state index in [1.54, 1.807) is 0 Å². The fourth-order valence-corrected chi connectivity index (χ4v) is 10.00. The molecule has 4 saturated carbocycles. The fourth-order valence-electron chi connectivity index (χ4n) is 10.00. The first-order valence-corrected chi connectivity index (χ1v) is 12.9. The average molecular weight is 398 g/mol. The van der Waals surface area contributed by atoms with E-state index in [2.05, 4.69) is 67.9 Å². The van der Waals surface area contributed by atoms with Crippen molar-refractivity contribution in [3.63, 3.8) is 0 Å². The Balaban J connectivity index is 1.64. The zero-order chi connectivity index (χ0) is 21.3. The molecule has 0 bridgehead atoms. The minimum atomic E-state index is 0.443. The predicted molar refractivity (Wildman–Crippen MR) is 127 cm³/mol. The Bertz CT molecular complexity index is 666. The molecule has 4 fully saturated rings. The van der Waals surface area contributed by atoms with Crippen molar-refractivity contribution in [2.75, 3.05) is 0 Å². The van der Waals surface area contributed by atoms with Crippen molar-refractivity contribution in [2.45, 2.75) is 120 Å². The minimum Gasteiger partial charge on any atom is -0.0857 e. The molecule has 0 aromatic heterocycles. The normalized spacial score (nSPS) is 50.7. The quantitative estimate of drug-likeness (QED) is 0.329. The van der Waals surface area contributed by atoms with E-state index >= 15 is 0 Å². The summed E-state index contributed by atoms with van der Waals surface area (Å²) in [4.78, 5) is 0. The van der Waals surface area contributed by atoms with Crippen LogP contribution in [0.2, 0.25) is 0 Å². The van der Waals surface area contributed by atoms with E-state index in [9.17, 15) is 0 Å². The van der Waals surface area contributed by atoms with Crippen molar-refractivity contribution in [1.29, 1.82) is 0 Å². The van der Waals surface area contributed by atoms with E-state index < -0.39 is 0 Å². The minimum absolute atomic E-state index is 0.443. The standard InChI is InChI=1S/C29H49/c1-21(2)11-9-16-26(5)19-20-29(8)23(26)12-13-24-27(6)17-10-15-25(3,4)22(27)14-18-28(24,29)7/h11,19,22-24H,9-10,12-18,20H2,1-8H3/q+1/t22-,23+,24+,26-,27-,28+,29+/m0/s1. The van der Waals surface area contributed by atoms with Crippen molar-refractivity contribution in [3.8, 4) is 0 Å². The molecule has 0 amide bonds. The van der Waals surface area contributed by atoms with Crippen LogP contribution >= 0.6 is 0 Å². The lowest BCUT2D eigenvalue weighted by Crippen LogP contribution is -2.62. The molecule has 0 saturated heterocycles. The second-order valence-electron chi connectivity index (χ2n) is 13.7. The number of fused-ring (bicyclic) bond motifs is 5. The highest BCUT2D eigenvalue weighted by molar-refractivity contribution is 5.21. The van der Waals surface area contributed by atoms with Crippen LogP contribution < -0.4 is 0 Å². The van der Waals surface area contributed by atoms with E-state index in [1.165, 1.54) is 69.8 Å². The first-order valence-electron chi connectivity index (χ1n) is 12.9. The first kappa shape index (κ1) is 21.8. The molecule has 4 aliphatic rings. The van der Waals surface area contributed by atoms with Gasteiger partial charge < -0.3 is 0 Å². The highest BCUT2D eigenvalue weighted by Crippen LogP contribution is 2.76. The van der Waals surface area contributed by atoms with Crippen LogP contribution in [0.3, 0.4) is 0 Å². The molecule has 0 aromatic rings. The first-order chi connectivity index (χ1) is 13.4. The van der Waals surface area contributed by atoms with Gasteiger partial charge in [-0.15, -0.1) is 0 Å². The molecule has 7 atom stereocenters. The molecule has 4 aliphatic carbocycles. The molecule has 0 aliphatic heterocycles. The highest BCUT2D eigenvalue weighted by Gasteiger charge is 2.72. The molecule has 4 rings (SSSR count). The summed E-state index contributed by atoms with van der Waals surface area (Å²) >= 11 is 0. The van der Waals surface area contributed by atoms with E-state index in [-0.39, 0.29) is 0 Å². The summed E-state index contributed by atoms with van der Waals surface area (Å²) in [7, 11) is 0. The summed E-state index contributed by atoms with van der Waals surface area (Å²) < 4.78 is 0. The number of allylic oxidation sites excluding steroid dienone is 2. The SMILES string of the molecule is CC(C)=CCC[C@@]1(C)[CH+]C[C@]2(C)[C@@H]1CC[C@@H]1[C@@]3(C)CCCC(C)(C)[C@@H]3CC[C@]12C. The van der Waals surface area contributed by atoms with Gasteiger partial charge in [-0.25, -0.2) is 0 Å². The highest BCUT2D eigenvalue weighted by atomic mass is 14.7. The molecule has 0 radical (unpaired) electrons. The van der Waals surface area contributed by atoms with E-state index in [0.717, 1.165) is 17.8 Å². The molecule has 164 valence electrons. The predicted octanol–water partition coefficient (Wildman–Crippen LogP) is 9.01. The van der Waals surface area contributed by atoms with Gasteiger partial charge in [-0.05, 0) is 100 Å². The molecule has 0 aromatic carbocycles. The van der Waals surface area contributed by atoms with Gasteiger partial charge in [0.15, 0.2) is 0 Å². The number of rotatable bonds is 3. The molecular weight excluding hydrogens is 348 g/mol.